The molecule has 0 amide bonds. The number of carbonyl (C=O) groups excluding carboxylic acids is 1. The molecule has 5 fully saturated rings. The number of rotatable bonds is 12. The standard InChI is InChI=1S/C42H71FO11/c1-11-28(38(47)48)30-15-14-22(4)36(51-30)26(8)34(45)25(7)35(46)29(12-2)37-23(5)20-24(6)41(52-37)19-16-32(44)42(54-41)31(43)21-39(10,53-42)33-17-18-40(49,13-3)27(9)50-33/h22-34,36-37,44-45,49H,11-21H2,1-10H3,(H,47,48)/t22-,23-,24+,25-,26-,27-,28+,29-,30+,31+,32+,33+,34+,36+,37-,39?,40+,41+,42-/m0/s1. The van der Waals surface area contributed by atoms with Crippen LogP contribution in [0.3, 0.4) is 0 Å². The smallest absolute Gasteiger partial charge is 0.309 e. The van der Waals surface area contributed by atoms with Crippen molar-refractivity contribution in [3.8, 4) is 0 Å². The van der Waals surface area contributed by atoms with Gasteiger partial charge in [0.05, 0.1) is 53.7 Å². The predicted molar refractivity (Wildman–Crippen MR) is 199 cm³/mol. The maximum Gasteiger partial charge on any atom is 0.309 e. The summed E-state index contributed by atoms with van der Waals surface area (Å²) >= 11 is 0. The summed E-state index contributed by atoms with van der Waals surface area (Å²) in [5.41, 5.74) is -2.09. The van der Waals surface area contributed by atoms with Crippen molar-refractivity contribution in [2.75, 3.05) is 0 Å². The fourth-order valence-corrected chi connectivity index (χ4v) is 10.9. The summed E-state index contributed by atoms with van der Waals surface area (Å²) in [7, 11) is 0. The van der Waals surface area contributed by atoms with Crippen LogP contribution in [0.5, 0.6) is 0 Å². The molecular weight excluding hydrogens is 699 g/mol. The Bertz CT molecular complexity index is 1320. The van der Waals surface area contributed by atoms with Crippen molar-refractivity contribution in [1.29, 1.82) is 0 Å². The Labute approximate surface area is 322 Å². The van der Waals surface area contributed by atoms with Gasteiger partial charge in [-0.25, -0.2) is 4.39 Å². The molecule has 5 saturated heterocycles. The van der Waals surface area contributed by atoms with E-state index in [1.165, 1.54) is 0 Å². The summed E-state index contributed by atoms with van der Waals surface area (Å²) in [6.45, 7) is 19.0. The van der Waals surface area contributed by atoms with Crippen molar-refractivity contribution in [2.45, 2.75) is 212 Å². The van der Waals surface area contributed by atoms with E-state index in [9.17, 15) is 30.0 Å². The van der Waals surface area contributed by atoms with Crippen molar-refractivity contribution in [3.05, 3.63) is 0 Å². The maximum absolute atomic E-state index is 16.6. The molecule has 0 radical (unpaired) electrons. The number of carboxylic acids is 1. The third-order valence-corrected chi connectivity index (χ3v) is 14.8. The SMILES string of the molecule is CC[C@@H](C(=O)[C@@H](C)[C@@H](O)[C@H](C)[C@@H]1O[C@@H]([C@@H](CC)C(=O)O)CC[C@@H]1C)[C@H]1O[C@@]2(CC[C@@H](O)[C@@]3(OC(C)([C@H]4CC[C@](O)(CC)[C@H](C)O4)C[C@H]3F)O2)[C@H](C)C[C@@H]1C. The first kappa shape index (κ1) is 43.9. The number of Topliss-reactive ketones (excluding diaryl/α,β-unsaturated/α-hetero) is 1. The van der Waals surface area contributed by atoms with Crippen LogP contribution >= 0.6 is 0 Å². The first-order chi connectivity index (χ1) is 25.2. The molecule has 12 heteroatoms. The number of ether oxygens (including phenoxy) is 5. The van der Waals surface area contributed by atoms with E-state index in [1.54, 1.807) is 13.8 Å². The van der Waals surface area contributed by atoms with E-state index in [2.05, 4.69) is 0 Å². The van der Waals surface area contributed by atoms with Gasteiger partial charge in [-0.3, -0.25) is 9.59 Å². The third kappa shape index (κ3) is 7.82. The average Bonchev–Trinajstić information content (AvgIpc) is 3.39. The number of carboxylic acid groups (broad SMARTS) is 1. The van der Waals surface area contributed by atoms with Gasteiger partial charge in [-0.1, -0.05) is 55.4 Å². The van der Waals surface area contributed by atoms with Gasteiger partial charge in [-0.05, 0) is 83.5 Å². The van der Waals surface area contributed by atoms with Crippen molar-refractivity contribution in [2.24, 2.45) is 41.4 Å². The van der Waals surface area contributed by atoms with Crippen LogP contribution in [0.4, 0.5) is 4.39 Å². The molecule has 0 aromatic heterocycles. The van der Waals surface area contributed by atoms with Gasteiger partial charge in [0, 0.05) is 36.5 Å². The van der Waals surface area contributed by atoms with Gasteiger partial charge in [0.2, 0.25) is 5.79 Å². The van der Waals surface area contributed by atoms with Gasteiger partial charge in [-0.2, -0.15) is 0 Å². The van der Waals surface area contributed by atoms with Crippen LogP contribution in [-0.4, -0.2) is 104 Å². The highest BCUT2D eigenvalue weighted by Crippen LogP contribution is 2.56. The summed E-state index contributed by atoms with van der Waals surface area (Å²) in [5, 5.41) is 44.0. The number of hydrogen-bond acceptors (Lipinski definition) is 10. The maximum atomic E-state index is 16.6. The van der Waals surface area contributed by atoms with E-state index in [0.29, 0.717) is 51.4 Å². The van der Waals surface area contributed by atoms with Crippen molar-refractivity contribution >= 4 is 11.8 Å². The first-order valence-corrected chi connectivity index (χ1v) is 21.1. The Morgan fingerprint density at radius 3 is 2.15 bits per heavy atom. The lowest BCUT2D eigenvalue weighted by atomic mass is 9.72. The van der Waals surface area contributed by atoms with Crippen molar-refractivity contribution in [3.63, 3.8) is 0 Å². The quantitative estimate of drug-likeness (QED) is 0.175. The molecule has 5 rings (SSSR count). The number of aliphatic hydroxyl groups excluding tert-OH is 2. The summed E-state index contributed by atoms with van der Waals surface area (Å²) in [4.78, 5) is 26.4. The number of alkyl halides is 1. The molecule has 0 aromatic rings. The van der Waals surface area contributed by atoms with Crippen LogP contribution in [0.15, 0.2) is 0 Å². The van der Waals surface area contributed by atoms with E-state index in [0.717, 1.165) is 6.42 Å². The predicted octanol–water partition coefficient (Wildman–Crippen LogP) is 6.36. The Kier molecular flexibility index (Phi) is 13.4. The van der Waals surface area contributed by atoms with Crippen molar-refractivity contribution < 1.29 is 58.1 Å². The van der Waals surface area contributed by atoms with Gasteiger partial charge < -0.3 is 44.1 Å². The summed E-state index contributed by atoms with van der Waals surface area (Å²) in [6.07, 6.45) is -1.54. The highest BCUT2D eigenvalue weighted by atomic mass is 19.1. The number of aliphatic hydroxyl groups is 3. The summed E-state index contributed by atoms with van der Waals surface area (Å²) in [5.74, 6) is -6.90. The van der Waals surface area contributed by atoms with Crippen LogP contribution in [0, 0.1) is 41.4 Å². The van der Waals surface area contributed by atoms with Crippen LogP contribution < -0.4 is 0 Å². The van der Waals surface area contributed by atoms with E-state index in [4.69, 9.17) is 23.7 Å². The molecule has 4 N–H and O–H groups in total. The molecule has 5 aliphatic heterocycles. The van der Waals surface area contributed by atoms with Gasteiger partial charge in [-0.15, -0.1) is 0 Å². The number of aliphatic carboxylic acids is 1. The van der Waals surface area contributed by atoms with Crippen LogP contribution in [0.25, 0.3) is 0 Å². The fraction of sp³-hybridized carbons (Fsp3) is 0.952. The molecule has 19 atom stereocenters. The Morgan fingerprint density at radius 1 is 0.889 bits per heavy atom. The molecule has 2 spiro atoms. The summed E-state index contributed by atoms with van der Waals surface area (Å²) < 4.78 is 49.5. The zero-order valence-corrected chi connectivity index (χ0v) is 34.5. The molecule has 11 nitrogen and oxygen atoms in total. The Balaban J connectivity index is 1.33. The van der Waals surface area contributed by atoms with Crippen LogP contribution in [-0.2, 0) is 33.3 Å². The minimum absolute atomic E-state index is 0.0532. The highest BCUT2D eigenvalue weighted by molar-refractivity contribution is 5.84. The zero-order valence-electron chi connectivity index (χ0n) is 34.5. The molecule has 0 saturated carbocycles. The second-order valence-corrected chi connectivity index (χ2v) is 18.3. The third-order valence-electron chi connectivity index (χ3n) is 14.8. The normalized spacial score (nSPS) is 47.2. The Hall–Kier alpha value is -1.25. The Morgan fingerprint density at radius 2 is 1.56 bits per heavy atom. The number of halogens is 1. The zero-order chi connectivity index (χ0) is 40.1. The van der Waals surface area contributed by atoms with E-state index >= 15 is 4.39 Å². The lowest BCUT2D eigenvalue weighted by Crippen LogP contribution is -2.66. The highest BCUT2D eigenvalue weighted by Gasteiger charge is 2.69. The van der Waals surface area contributed by atoms with Gasteiger partial charge in [0.15, 0.2) is 12.0 Å². The minimum Gasteiger partial charge on any atom is -0.481 e. The van der Waals surface area contributed by atoms with Crippen LogP contribution in [0.2, 0.25) is 0 Å². The fourth-order valence-electron chi connectivity index (χ4n) is 10.9. The first-order valence-electron chi connectivity index (χ1n) is 21.1. The molecule has 1 unspecified atom stereocenters. The number of carbonyl (C=O) groups is 2. The second-order valence-electron chi connectivity index (χ2n) is 18.3. The lowest BCUT2D eigenvalue weighted by molar-refractivity contribution is -0.449. The largest absolute Gasteiger partial charge is 0.481 e. The monoisotopic (exact) mass is 770 g/mol. The summed E-state index contributed by atoms with van der Waals surface area (Å²) in [6, 6.07) is 0. The molecular formula is C42H71FO11. The second kappa shape index (κ2) is 16.5. The van der Waals surface area contributed by atoms with E-state index in [-0.39, 0.29) is 36.4 Å². The number of hydrogen-bond donors (Lipinski definition) is 4. The average molecular weight is 771 g/mol. The molecule has 5 heterocycles. The molecule has 0 aliphatic carbocycles. The van der Waals surface area contributed by atoms with Crippen LogP contribution in [0.1, 0.15) is 140 Å². The topological polar surface area (TPSA) is 161 Å². The van der Waals surface area contributed by atoms with E-state index in [1.807, 2.05) is 55.4 Å². The molecule has 312 valence electrons. The molecule has 54 heavy (non-hydrogen) atoms. The minimum atomic E-state index is -1.99. The van der Waals surface area contributed by atoms with Gasteiger partial charge in [0.25, 0.3) is 0 Å². The molecule has 5 aliphatic rings. The number of ketones is 1. The molecule has 0 aromatic carbocycles. The van der Waals surface area contributed by atoms with E-state index < -0.39 is 101 Å². The van der Waals surface area contributed by atoms with Gasteiger partial charge in [0.1, 0.15) is 11.9 Å². The van der Waals surface area contributed by atoms with Gasteiger partial charge >= 0.3 is 5.97 Å². The van der Waals surface area contributed by atoms with Crippen molar-refractivity contribution in [1.82, 2.24) is 0 Å². The molecule has 0 bridgehead atoms. The lowest BCUT2D eigenvalue weighted by Gasteiger charge is -2.56.